The van der Waals surface area contributed by atoms with Crippen molar-refractivity contribution in [3.05, 3.63) is 65.1 Å². The lowest BCUT2D eigenvalue weighted by Crippen LogP contribution is -2.11. The van der Waals surface area contributed by atoms with Crippen LogP contribution in [0.15, 0.2) is 52.9 Å². The van der Waals surface area contributed by atoms with E-state index in [9.17, 15) is 0 Å². The highest BCUT2D eigenvalue weighted by atomic mass is 35.5. The number of furan rings is 1. The summed E-state index contributed by atoms with van der Waals surface area (Å²) in [7, 11) is 1.68. The molecule has 0 radical (unpaired) electrons. The Morgan fingerprint density at radius 2 is 1.81 bits per heavy atom. The van der Waals surface area contributed by atoms with Gasteiger partial charge in [-0.25, -0.2) is 0 Å². The van der Waals surface area contributed by atoms with Gasteiger partial charge in [-0.3, -0.25) is 0 Å². The van der Waals surface area contributed by atoms with Crippen molar-refractivity contribution in [3.63, 3.8) is 0 Å². The zero-order chi connectivity index (χ0) is 14.7. The molecule has 3 aromatic rings. The second-order valence-corrected chi connectivity index (χ2v) is 5.23. The van der Waals surface area contributed by atoms with Gasteiger partial charge in [-0.15, -0.1) is 0 Å². The Morgan fingerprint density at radius 1 is 1.00 bits per heavy atom. The minimum atomic E-state index is 0.423. The van der Waals surface area contributed by atoms with Crippen molar-refractivity contribution in [3.8, 4) is 5.75 Å². The summed E-state index contributed by atoms with van der Waals surface area (Å²) in [5, 5.41) is 6.15. The van der Waals surface area contributed by atoms with Crippen LogP contribution in [0.1, 0.15) is 11.3 Å². The number of hydrogen-bond donors (Lipinski definition) is 1. The Morgan fingerprint density at radius 3 is 2.57 bits per heavy atom. The minimum absolute atomic E-state index is 0.423. The maximum Gasteiger partial charge on any atom is 0.193 e. The highest BCUT2D eigenvalue weighted by Gasteiger charge is 2.01. The molecule has 4 heteroatoms. The van der Waals surface area contributed by atoms with E-state index in [1.807, 2.05) is 18.2 Å². The minimum Gasteiger partial charge on any atom is -0.497 e. The average molecular weight is 302 g/mol. The maximum absolute atomic E-state index is 5.74. The van der Waals surface area contributed by atoms with E-state index in [0.717, 1.165) is 18.1 Å². The third-order valence-corrected chi connectivity index (χ3v) is 3.57. The summed E-state index contributed by atoms with van der Waals surface area (Å²) >= 11 is 5.74. The summed E-state index contributed by atoms with van der Waals surface area (Å²) in [5.74, 6) is 1.72. The number of fused-ring (bicyclic) bond motifs is 1. The maximum atomic E-state index is 5.74. The first-order chi connectivity index (χ1) is 10.2. The molecule has 3 rings (SSSR count). The molecule has 0 atom stereocenters. The van der Waals surface area contributed by atoms with Crippen LogP contribution in [0.25, 0.3) is 10.8 Å². The van der Waals surface area contributed by atoms with Crippen LogP contribution in [-0.4, -0.2) is 7.11 Å². The van der Waals surface area contributed by atoms with E-state index in [0.29, 0.717) is 11.8 Å². The summed E-state index contributed by atoms with van der Waals surface area (Å²) in [6.45, 7) is 1.44. The third-order valence-electron chi connectivity index (χ3n) is 3.37. The first-order valence-electron chi connectivity index (χ1n) is 6.76. The molecular formula is C17H16ClNO2. The van der Waals surface area contributed by atoms with Gasteiger partial charge in [0.25, 0.3) is 0 Å². The van der Waals surface area contributed by atoms with Crippen LogP contribution in [0.5, 0.6) is 5.75 Å². The number of hydrogen-bond acceptors (Lipinski definition) is 3. The lowest BCUT2D eigenvalue weighted by molar-refractivity contribution is 0.415. The second kappa shape index (κ2) is 6.20. The molecule has 0 bridgehead atoms. The summed E-state index contributed by atoms with van der Waals surface area (Å²) in [6.07, 6.45) is 0. The highest BCUT2D eigenvalue weighted by molar-refractivity contribution is 6.28. The summed E-state index contributed by atoms with van der Waals surface area (Å²) in [4.78, 5) is 0. The van der Waals surface area contributed by atoms with Gasteiger partial charge in [0.05, 0.1) is 13.7 Å². The molecule has 3 nitrogen and oxygen atoms in total. The average Bonchev–Trinajstić information content (AvgIpc) is 2.92. The number of ether oxygens (including phenoxy) is 1. The van der Waals surface area contributed by atoms with Crippen LogP contribution < -0.4 is 10.1 Å². The number of halogens is 1. The topological polar surface area (TPSA) is 34.4 Å². The lowest BCUT2D eigenvalue weighted by Gasteiger charge is -2.06. The van der Waals surface area contributed by atoms with Crippen LogP contribution in [0, 0.1) is 0 Å². The van der Waals surface area contributed by atoms with Crippen molar-refractivity contribution in [2.45, 2.75) is 13.1 Å². The van der Waals surface area contributed by atoms with Crippen molar-refractivity contribution in [2.24, 2.45) is 0 Å². The lowest BCUT2D eigenvalue weighted by atomic mass is 10.1. The molecule has 1 heterocycles. The molecule has 1 aromatic heterocycles. The molecular weight excluding hydrogens is 286 g/mol. The second-order valence-electron chi connectivity index (χ2n) is 4.86. The fraction of sp³-hybridized carbons (Fsp3) is 0.176. The SMILES string of the molecule is COc1ccc2cc(CNCc3ccc(Cl)o3)ccc2c1. The Bertz CT molecular complexity index is 751. The molecule has 0 fully saturated rings. The fourth-order valence-corrected chi connectivity index (χ4v) is 2.45. The summed E-state index contributed by atoms with van der Waals surface area (Å²) in [6, 6.07) is 16.1. The molecule has 0 unspecified atom stereocenters. The van der Waals surface area contributed by atoms with Gasteiger partial charge in [0.15, 0.2) is 5.22 Å². The molecule has 0 aliphatic rings. The van der Waals surface area contributed by atoms with Gasteiger partial charge >= 0.3 is 0 Å². The standard InChI is InChI=1S/C17H16ClNO2/c1-20-15-5-4-13-8-12(2-3-14(13)9-15)10-19-11-16-6-7-17(18)21-16/h2-9,19H,10-11H2,1H3. The van der Waals surface area contributed by atoms with Gasteiger partial charge in [-0.2, -0.15) is 0 Å². The normalized spacial score (nSPS) is 11.0. The van der Waals surface area contributed by atoms with Crippen molar-refractivity contribution in [2.75, 3.05) is 7.11 Å². The smallest absolute Gasteiger partial charge is 0.193 e. The zero-order valence-corrected chi connectivity index (χ0v) is 12.5. The molecule has 0 saturated carbocycles. The van der Waals surface area contributed by atoms with E-state index in [4.69, 9.17) is 20.8 Å². The molecule has 0 saturated heterocycles. The van der Waals surface area contributed by atoms with E-state index < -0.39 is 0 Å². The van der Waals surface area contributed by atoms with Gasteiger partial charge in [-0.05, 0) is 58.3 Å². The van der Waals surface area contributed by atoms with E-state index in [1.54, 1.807) is 13.2 Å². The quantitative estimate of drug-likeness (QED) is 0.759. The molecule has 0 spiro atoms. The van der Waals surface area contributed by atoms with E-state index in [2.05, 4.69) is 29.6 Å². The van der Waals surface area contributed by atoms with Crippen LogP contribution in [-0.2, 0) is 13.1 Å². The fourth-order valence-electron chi connectivity index (χ4n) is 2.29. The summed E-state index contributed by atoms with van der Waals surface area (Å²) < 4.78 is 10.5. The molecule has 0 aliphatic heterocycles. The number of rotatable bonds is 5. The van der Waals surface area contributed by atoms with Crippen molar-refractivity contribution in [1.82, 2.24) is 5.32 Å². The number of methoxy groups -OCH3 is 1. The van der Waals surface area contributed by atoms with Gasteiger partial charge in [0.1, 0.15) is 11.5 Å². The number of nitrogens with one attached hydrogen (secondary N) is 1. The van der Waals surface area contributed by atoms with Gasteiger partial charge < -0.3 is 14.5 Å². The molecule has 108 valence electrons. The van der Waals surface area contributed by atoms with E-state index in [1.165, 1.54) is 16.3 Å². The van der Waals surface area contributed by atoms with Gasteiger partial charge in [0.2, 0.25) is 0 Å². The van der Waals surface area contributed by atoms with Crippen LogP contribution in [0.3, 0.4) is 0 Å². The van der Waals surface area contributed by atoms with Gasteiger partial charge in [-0.1, -0.05) is 18.2 Å². The monoisotopic (exact) mass is 301 g/mol. The van der Waals surface area contributed by atoms with E-state index >= 15 is 0 Å². The third kappa shape index (κ3) is 3.38. The highest BCUT2D eigenvalue weighted by Crippen LogP contribution is 2.22. The first kappa shape index (κ1) is 14.0. The van der Waals surface area contributed by atoms with Gasteiger partial charge in [0, 0.05) is 6.54 Å². The molecule has 1 N–H and O–H groups in total. The first-order valence-corrected chi connectivity index (χ1v) is 7.14. The predicted molar refractivity (Wildman–Crippen MR) is 84.8 cm³/mol. The largest absolute Gasteiger partial charge is 0.497 e. The van der Waals surface area contributed by atoms with Crippen LogP contribution in [0.4, 0.5) is 0 Å². The van der Waals surface area contributed by atoms with E-state index in [-0.39, 0.29) is 0 Å². The number of benzene rings is 2. The Labute approximate surface area is 128 Å². The van der Waals surface area contributed by atoms with Crippen LogP contribution in [0.2, 0.25) is 5.22 Å². The Kier molecular flexibility index (Phi) is 4.13. The molecule has 0 aliphatic carbocycles. The summed E-state index contributed by atoms with van der Waals surface area (Å²) in [5.41, 5.74) is 1.23. The molecule has 21 heavy (non-hydrogen) atoms. The predicted octanol–water partition coefficient (Wildman–Crippen LogP) is 4.38. The molecule has 2 aromatic carbocycles. The van der Waals surface area contributed by atoms with Crippen molar-refractivity contribution in [1.29, 1.82) is 0 Å². The Balaban J connectivity index is 1.67. The Hall–Kier alpha value is -1.97. The van der Waals surface area contributed by atoms with Crippen LogP contribution >= 0.6 is 11.6 Å². The molecule has 0 amide bonds. The van der Waals surface area contributed by atoms with Crippen molar-refractivity contribution < 1.29 is 9.15 Å². The van der Waals surface area contributed by atoms with Crippen molar-refractivity contribution >= 4 is 22.4 Å². The zero-order valence-electron chi connectivity index (χ0n) is 11.7.